The molecule has 2 N–H and O–H groups in total. The molecule has 0 aromatic heterocycles. The monoisotopic (exact) mass is 394 g/mol. The van der Waals surface area contributed by atoms with Crippen molar-refractivity contribution in [2.45, 2.75) is 13.2 Å². The predicted molar refractivity (Wildman–Crippen MR) is 110 cm³/mol. The summed E-state index contributed by atoms with van der Waals surface area (Å²) in [7, 11) is 0. The van der Waals surface area contributed by atoms with Crippen LogP contribution in [0.2, 0.25) is 0 Å². The van der Waals surface area contributed by atoms with Crippen LogP contribution in [0.1, 0.15) is 11.1 Å². The second-order valence-electron chi connectivity index (χ2n) is 6.35. The number of amides is 2. The van der Waals surface area contributed by atoms with Crippen molar-refractivity contribution in [3.63, 3.8) is 0 Å². The zero-order valence-electron chi connectivity index (χ0n) is 15.9. The fourth-order valence-corrected chi connectivity index (χ4v) is 2.62. The summed E-state index contributed by atoms with van der Waals surface area (Å²) in [5, 5.41) is 5.52. The van der Waals surface area contributed by atoms with Crippen molar-refractivity contribution in [3.8, 4) is 5.75 Å². The van der Waals surface area contributed by atoms with Crippen molar-refractivity contribution < 1.29 is 18.7 Å². The minimum absolute atomic E-state index is 0.302. The zero-order chi connectivity index (χ0) is 20.3. The lowest BCUT2D eigenvalue weighted by Crippen LogP contribution is -2.28. The minimum Gasteiger partial charge on any atom is -0.491 e. The van der Waals surface area contributed by atoms with E-state index in [-0.39, 0.29) is 11.8 Å². The number of benzene rings is 3. The first-order chi connectivity index (χ1) is 14.2. The highest BCUT2D eigenvalue weighted by Gasteiger charge is 2.03. The van der Waals surface area contributed by atoms with Crippen molar-refractivity contribution in [2.75, 3.05) is 18.5 Å². The Hall–Kier alpha value is -3.38. The van der Waals surface area contributed by atoms with Gasteiger partial charge in [0, 0.05) is 12.2 Å². The van der Waals surface area contributed by atoms with E-state index in [0.717, 1.165) is 16.9 Å². The van der Waals surface area contributed by atoms with Crippen molar-refractivity contribution in [1.29, 1.82) is 0 Å². The van der Waals surface area contributed by atoms with E-state index in [4.69, 9.17) is 9.47 Å². The van der Waals surface area contributed by atoms with Gasteiger partial charge in [-0.25, -0.2) is 9.18 Å². The molecule has 0 heterocycles. The molecule has 0 aliphatic rings. The normalized spacial score (nSPS) is 10.4. The van der Waals surface area contributed by atoms with E-state index in [0.29, 0.717) is 32.1 Å². The SMILES string of the molecule is O=C(NCc1ccc(F)cc1)Nc1cccc(COCCOc2ccccc2)c1. The molecule has 0 aliphatic heterocycles. The summed E-state index contributed by atoms with van der Waals surface area (Å²) >= 11 is 0. The van der Waals surface area contributed by atoms with Crippen LogP contribution in [0.25, 0.3) is 0 Å². The Bertz CT molecular complexity index is 902. The number of halogens is 1. The van der Waals surface area contributed by atoms with Crippen LogP contribution in [-0.2, 0) is 17.9 Å². The fourth-order valence-electron chi connectivity index (χ4n) is 2.62. The van der Waals surface area contributed by atoms with Gasteiger partial charge in [-0.2, -0.15) is 0 Å². The number of para-hydroxylation sites is 1. The number of urea groups is 1. The molecule has 0 spiro atoms. The third-order valence-electron chi connectivity index (χ3n) is 4.06. The number of anilines is 1. The molecular formula is C23H23FN2O3. The molecule has 3 aromatic carbocycles. The number of carbonyl (C=O) groups excluding carboxylic acids is 1. The molecule has 6 heteroatoms. The molecular weight excluding hydrogens is 371 g/mol. The molecule has 0 fully saturated rings. The largest absolute Gasteiger partial charge is 0.491 e. The van der Waals surface area contributed by atoms with Gasteiger partial charge >= 0.3 is 6.03 Å². The van der Waals surface area contributed by atoms with E-state index >= 15 is 0 Å². The zero-order valence-corrected chi connectivity index (χ0v) is 15.9. The van der Waals surface area contributed by atoms with Crippen molar-refractivity contribution >= 4 is 11.7 Å². The Morgan fingerprint density at radius 1 is 0.862 bits per heavy atom. The quantitative estimate of drug-likeness (QED) is 0.515. The van der Waals surface area contributed by atoms with Gasteiger partial charge in [0.05, 0.1) is 13.2 Å². The average Bonchev–Trinajstić information content (AvgIpc) is 2.74. The summed E-state index contributed by atoms with van der Waals surface area (Å²) in [5.74, 6) is 0.512. The first-order valence-electron chi connectivity index (χ1n) is 9.33. The van der Waals surface area contributed by atoms with E-state index in [1.807, 2.05) is 48.5 Å². The van der Waals surface area contributed by atoms with Crippen molar-refractivity contribution in [1.82, 2.24) is 5.32 Å². The smallest absolute Gasteiger partial charge is 0.319 e. The molecule has 3 rings (SSSR count). The Morgan fingerprint density at radius 3 is 2.45 bits per heavy atom. The van der Waals surface area contributed by atoms with Crippen LogP contribution < -0.4 is 15.4 Å². The summed E-state index contributed by atoms with van der Waals surface area (Å²) < 4.78 is 24.1. The van der Waals surface area contributed by atoms with Gasteiger partial charge < -0.3 is 20.1 Å². The molecule has 0 saturated carbocycles. The van der Waals surface area contributed by atoms with E-state index in [1.54, 1.807) is 18.2 Å². The molecule has 2 amide bonds. The maximum Gasteiger partial charge on any atom is 0.319 e. The molecule has 0 radical (unpaired) electrons. The topological polar surface area (TPSA) is 59.6 Å². The molecule has 0 saturated heterocycles. The Morgan fingerprint density at radius 2 is 1.66 bits per heavy atom. The highest BCUT2D eigenvalue weighted by Crippen LogP contribution is 2.12. The van der Waals surface area contributed by atoms with Gasteiger partial charge in [-0.1, -0.05) is 42.5 Å². The highest BCUT2D eigenvalue weighted by atomic mass is 19.1. The summed E-state index contributed by atoms with van der Waals surface area (Å²) in [6.07, 6.45) is 0. The van der Waals surface area contributed by atoms with Crippen LogP contribution in [0, 0.1) is 5.82 Å². The molecule has 3 aromatic rings. The maximum atomic E-state index is 12.9. The van der Waals surface area contributed by atoms with Crippen LogP contribution in [0.15, 0.2) is 78.9 Å². The van der Waals surface area contributed by atoms with Crippen LogP contribution in [-0.4, -0.2) is 19.2 Å². The third kappa shape index (κ3) is 7.27. The Kier molecular flexibility index (Phi) is 7.60. The number of carbonyl (C=O) groups is 1. The molecule has 0 atom stereocenters. The van der Waals surface area contributed by atoms with Gasteiger partial charge in [-0.15, -0.1) is 0 Å². The molecule has 0 aliphatic carbocycles. The van der Waals surface area contributed by atoms with E-state index in [2.05, 4.69) is 10.6 Å². The van der Waals surface area contributed by atoms with E-state index in [1.165, 1.54) is 12.1 Å². The van der Waals surface area contributed by atoms with Gasteiger partial charge in [-0.05, 0) is 47.5 Å². The molecule has 0 unspecified atom stereocenters. The number of hydrogen-bond donors (Lipinski definition) is 2. The summed E-state index contributed by atoms with van der Waals surface area (Å²) in [4.78, 5) is 12.1. The molecule has 0 bridgehead atoms. The number of ether oxygens (including phenoxy) is 2. The Balaban J connectivity index is 1.38. The van der Waals surface area contributed by atoms with Crippen LogP contribution in [0.5, 0.6) is 5.75 Å². The first-order valence-corrected chi connectivity index (χ1v) is 9.33. The van der Waals surface area contributed by atoms with Crippen molar-refractivity contribution in [2.24, 2.45) is 0 Å². The fraction of sp³-hybridized carbons (Fsp3) is 0.174. The third-order valence-corrected chi connectivity index (χ3v) is 4.06. The lowest BCUT2D eigenvalue weighted by Gasteiger charge is -2.10. The molecule has 150 valence electrons. The second-order valence-corrected chi connectivity index (χ2v) is 6.35. The standard InChI is InChI=1S/C23H23FN2O3/c24-20-11-9-18(10-12-20)16-25-23(27)26-21-6-4-5-19(15-21)17-28-13-14-29-22-7-2-1-3-8-22/h1-12,15H,13-14,16-17H2,(H2,25,26,27). The maximum absolute atomic E-state index is 12.9. The van der Waals surface area contributed by atoms with Gasteiger partial charge in [0.15, 0.2) is 0 Å². The number of rotatable bonds is 9. The average molecular weight is 394 g/mol. The lowest BCUT2D eigenvalue weighted by molar-refractivity contribution is 0.0889. The second kappa shape index (κ2) is 10.8. The number of hydrogen-bond acceptors (Lipinski definition) is 3. The minimum atomic E-state index is -0.330. The lowest BCUT2D eigenvalue weighted by atomic mass is 10.2. The van der Waals surface area contributed by atoms with E-state index < -0.39 is 0 Å². The molecule has 5 nitrogen and oxygen atoms in total. The summed E-state index contributed by atoms with van der Waals surface area (Å²) in [6, 6.07) is 22.7. The first kappa shape index (κ1) is 20.4. The summed E-state index contributed by atoms with van der Waals surface area (Å²) in [5.41, 5.74) is 2.44. The van der Waals surface area contributed by atoms with E-state index in [9.17, 15) is 9.18 Å². The highest BCUT2D eigenvalue weighted by molar-refractivity contribution is 5.89. The van der Waals surface area contributed by atoms with Crippen LogP contribution >= 0.6 is 0 Å². The summed E-state index contributed by atoms with van der Waals surface area (Å²) in [6.45, 7) is 1.67. The van der Waals surface area contributed by atoms with Crippen LogP contribution in [0.3, 0.4) is 0 Å². The Labute approximate surface area is 169 Å². The van der Waals surface area contributed by atoms with Gasteiger partial charge in [-0.3, -0.25) is 0 Å². The van der Waals surface area contributed by atoms with Gasteiger partial charge in [0.2, 0.25) is 0 Å². The predicted octanol–water partition coefficient (Wildman–Crippen LogP) is 4.74. The van der Waals surface area contributed by atoms with Crippen molar-refractivity contribution in [3.05, 3.63) is 95.8 Å². The van der Waals surface area contributed by atoms with Gasteiger partial charge in [0.25, 0.3) is 0 Å². The number of nitrogens with one attached hydrogen (secondary N) is 2. The van der Waals surface area contributed by atoms with Crippen LogP contribution in [0.4, 0.5) is 14.9 Å². The molecule has 29 heavy (non-hydrogen) atoms. The van der Waals surface area contributed by atoms with Gasteiger partial charge in [0.1, 0.15) is 18.2 Å².